The minimum absolute atomic E-state index is 0.0596. The van der Waals surface area contributed by atoms with Crippen molar-refractivity contribution in [3.8, 4) is 0 Å². The third-order valence-electron chi connectivity index (χ3n) is 2.91. The Balaban J connectivity index is 2.17. The maximum Gasteiger partial charge on any atom is 0.135 e. The lowest BCUT2D eigenvalue weighted by atomic mass is 10.2. The molecule has 0 spiro atoms. The van der Waals surface area contributed by atoms with Gasteiger partial charge in [-0.3, -0.25) is 0 Å². The number of halogens is 1. The molecule has 0 aliphatic carbocycles. The molecule has 3 N–H and O–H groups in total. The van der Waals surface area contributed by atoms with E-state index in [4.69, 9.17) is 18.0 Å². The molecule has 5 heteroatoms. The Bertz CT molecular complexity index is 624. The zero-order chi connectivity index (χ0) is 14.7. The molecule has 0 aliphatic rings. The normalized spacial score (nSPS) is 10.2. The predicted molar refractivity (Wildman–Crippen MR) is 86.3 cm³/mol. The summed E-state index contributed by atoms with van der Waals surface area (Å²) >= 11 is 4.77. The van der Waals surface area contributed by atoms with Crippen LogP contribution in [0.15, 0.2) is 42.5 Å². The van der Waals surface area contributed by atoms with Crippen LogP contribution in [0.1, 0.15) is 5.56 Å². The summed E-state index contributed by atoms with van der Waals surface area (Å²) in [6.07, 6.45) is 0. The molecule has 0 amide bonds. The first-order valence-corrected chi connectivity index (χ1v) is 6.52. The van der Waals surface area contributed by atoms with Gasteiger partial charge >= 0.3 is 0 Å². The number of nitrogens with two attached hydrogens (primary N) is 1. The molecule has 0 aromatic heterocycles. The van der Waals surface area contributed by atoms with Gasteiger partial charge in [0.05, 0.1) is 0 Å². The van der Waals surface area contributed by atoms with Gasteiger partial charge in [0.15, 0.2) is 0 Å². The fourth-order valence-corrected chi connectivity index (χ4v) is 1.97. The molecule has 20 heavy (non-hydrogen) atoms. The first-order chi connectivity index (χ1) is 9.47. The summed E-state index contributed by atoms with van der Waals surface area (Å²) in [6.45, 7) is 0. The van der Waals surface area contributed by atoms with Crippen molar-refractivity contribution in [1.82, 2.24) is 0 Å². The molecule has 0 heterocycles. The smallest absolute Gasteiger partial charge is 0.135 e. The third-order valence-corrected chi connectivity index (χ3v) is 3.13. The van der Waals surface area contributed by atoms with E-state index in [9.17, 15) is 4.39 Å². The second-order valence-electron chi connectivity index (χ2n) is 4.63. The number of nitrogens with zero attached hydrogens (tertiary/aromatic N) is 1. The summed E-state index contributed by atoms with van der Waals surface area (Å²) in [5.41, 5.74) is 8.33. The maximum absolute atomic E-state index is 13.8. The van der Waals surface area contributed by atoms with Crippen molar-refractivity contribution < 1.29 is 4.39 Å². The third kappa shape index (κ3) is 3.24. The van der Waals surface area contributed by atoms with Gasteiger partial charge in [0.1, 0.15) is 10.8 Å². The highest BCUT2D eigenvalue weighted by Gasteiger charge is 2.06. The number of thiocarbonyl (C=S) groups is 1. The fraction of sp³-hybridized carbons (Fsp3) is 0.133. The van der Waals surface area contributed by atoms with Crippen LogP contribution in [0.4, 0.5) is 21.5 Å². The van der Waals surface area contributed by atoms with Crippen molar-refractivity contribution in [3.63, 3.8) is 0 Å². The van der Waals surface area contributed by atoms with Crippen LogP contribution in [0, 0.1) is 5.82 Å². The number of anilines is 3. The number of rotatable bonds is 4. The van der Waals surface area contributed by atoms with Gasteiger partial charge in [-0.1, -0.05) is 12.2 Å². The Labute approximate surface area is 123 Å². The van der Waals surface area contributed by atoms with Gasteiger partial charge < -0.3 is 16.0 Å². The lowest BCUT2D eigenvalue weighted by Crippen LogP contribution is -2.11. The van der Waals surface area contributed by atoms with Crippen molar-refractivity contribution in [2.45, 2.75) is 0 Å². The van der Waals surface area contributed by atoms with E-state index in [1.54, 1.807) is 12.1 Å². The maximum atomic E-state index is 13.8. The summed E-state index contributed by atoms with van der Waals surface area (Å²) in [6, 6.07) is 12.6. The van der Waals surface area contributed by atoms with E-state index in [0.717, 1.165) is 11.4 Å². The Morgan fingerprint density at radius 2 is 1.70 bits per heavy atom. The minimum atomic E-state index is -0.424. The van der Waals surface area contributed by atoms with Crippen molar-refractivity contribution in [3.05, 3.63) is 53.8 Å². The lowest BCUT2D eigenvalue weighted by molar-refractivity contribution is 0.626. The quantitative estimate of drug-likeness (QED) is 0.848. The van der Waals surface area contributed by atoms with E-state index < -0.39 is 5.82 Å². The molecule has 0 unspecified atom stereocenters. The molecule has 2 rings (SSSR count). The van der Waals surface area contributed by atoms with E-state index in [0.29, 0.717) is 5.69 Å². The molecule has 104 valence electrons. The zero-order valence-corrected chi connectivity index (χ0v) is 12.2. The summed E-state index contributed by atoms with van der Waals surface area (Å²) in [5, 5.41) is 3.13. The number of hydrogen-bond donors (Lipinski definition) is 2. The van der Waals surface area contributed by atoms with Gasteiger partial charge in [0, 0.05) is 36.7 Å². The van der Waals surface area contributed by atoms with Gasteiger partial charge in [-0.15, -0.1) is 0 Å². The second kappa shape index (κ2) is 5.88. The van der Waals surface area contributed by atoms with Gasteiger partial charge in [-0.05, 0) is 42.5 Å². The average molecular weight is 289 g/mol. The summed E-state index contributed by atoms with van der Waals surface area (Å²) in [7, 11) is 3.96. The molecule has 0 aliphatic heterocycles. The van der Waals surface area contributed by atoms with E-state index in [-0.39, 0.29) is 10.6 Å². The molecule has 0 fully saturated rings. The molecule has 0 radical (unpaired) electrons. The van der Waals surface area contributed by atoms with Gasteiger partial charge in [0.25, 0.3) is 0 Å². The summed E-state index contributed by atoms with van der Waals surface area (Å²) in [5.74, 6) is -0.424. The molecule has 2 aromatic carbocycles. The summed E-state index contributed by atoms with van der Waals surface area (Å²) < 4.78 is 13.8. The molecular formula is C15H16FN3S. The molecule has 0 saturated carbocycles. The first kappa shape index (κ1) is 14.3. The topological polar surface area (TPSA) is 41.3 Å². The number of hydrogen-bond acceptors (Lipinski definition) is 3. The predicted octanol–water partition coefficient (Wildman–Crippen LogP) is 3.27. The summed E-state index contributed by atoms with van der Waals surface area (Å²) in [4.78, 5) is 2.07. The monoisotopic (exact) mass is 289 g/mol. The van der Waals surface area contributed by atoms with Crippen LogP contribution in [0.2, 0.25) is 0 Å². The highest BCUT2D eigenvalue weighted by atomic mass is 32.1. The Hall–Kier alpha value is -2.14. The Kier molecular flexibility index (Phi) is 4.20. The fourth-order valence-electron chi connectivity index (χ4n) is 1.80. The van der Waals surface area contributed by atoms with Crippen LogP contribution >= 0.6 is 12.2 Å². The van der Waals surface area contributed by atoms with Crippen molar-refractivity contribution in [2.75, 3.05) is 24.3 Å². The molecule has 0 saturated heterocycles. The molecular weight excluding hydrogens is 273 g/mol. The van der Waals surface area contributed by atoms with Crippen LogP contribution in [0.3, 0.4) is 0 Å². The zero-order valence-electron chi connectivity index (χ0n) is 11.4. The second-order valence-corrected chi connectivity index (χ2v) is 5.07. The largest absolute Gasteiger partial charge is 0.389 e. The van der Waals surface area contributed by atoms with Crippen LogP contribution in [0.25, 0.3) is 0 Å². The Morgan fingerprint density at radius 1 is 1.10 bits per heavy atom. The van der Waals surface area contributed by atoms with Crippen LogP contribution < -0.4 is 16.0 Å². The van der Waals surface area contributed by atoms with Crippen LogP contribution in [-0.2, 0) is 0 Å². The van der Waals surface area contributed by atoms with E-state index >= 15 is 0 Å². The van der Waals surface area contributed by atoms with E-state index in [1.165, 1.54) is 6.07 Å². The van der Waals surface area contributed by atoms with Crippen molar-refractivity contribution in [2.24, 2.45) is 5.73 Å². The minimum Gasteiger partial charge on any atom is -0.389 e. The standard InChI is InChI=1S/C15H16FN3S/c1-19(2)12-6-3-10(4-7-12)18-11-5-8-13(15(17)20)14(16)9-11/h3-9,18H,1-2H3,(H2,17,20). The molecule has 3 nitrogen and oxygen atoms in total. The average Bonchev–Trinajstić information content (AvgIpc) is 2.39. The number of benzene rings is 2. The van der Waals surface area contributed by atoms with Crippen LogP contribution in [-0.4, -0.2) is 19.1 Å². The molecule has 0 atom stereocenters. The first-order valence-electron chi connectivity index (χ1n) is 6.11. The highest BCUT2D eigenvalue weighted by Crippen LogP contribution is 2.21. The number of nitrogens with one attached hydrogen (secondary N) is 1. The molecule has 0 bridgehead atoms. The highest BCUT2D eigenvalue weighted by molar-refractivity contribution is 7.80. The van der Waals surface area contributed by atoms with E-state index in [2.05, 4.69) is 5.32 Å². The lowest BCUT2D eigenvalue weighted by Gasteiger charge is -2.13. The van der Waals surface area contributed by atoms with Gasteiger partial charge in [-0.25, -0.2) is 4.39 Å². The van der Waals surface area contributed by atoms with Gasteiger partial charge in [-0.2, -0.15) is 0 Å². The Morgan fingerprint density at radius 3 is 2.20 bits per heavy atom. The van der Waals surface area contributed by atoms with Gasteiger partial charge in [0.2, 0.25) is 0 Å². The van der Waals surface area contributed by atoms with Crippen molar-refractivity contribution >= 4 is 34.3 Å². The van der Waals surface area contributed by atoms with Crippen LogP contribution in [0.5, 0.6) is 0 Å². The van der Waals surface area contributed by atoms with E-state index in [1.807, 2.05) is 43.3 Å². The van der Waals surface area contributed by atoms with Crippen molar-refractivity contribution in [1.29, 1.82) is 0 Å². The SMILES string of the molecule is CN(C)c1ccc(Nc2ccc(C(N)=S)c(F)c2)cc1. The molecule has 2 aromatic rings.